The van der Waals surface area contributed by atoms with Crippen molar-refractivity contribution in [1.82, 2.24) is 10.2 Å². The monoisotopic (exact) mass is 156 g/mol. The van der Waals surface area contributed by atoms with Crippen molar-refractivity contribution in [3.8, 4) is 0 Å². The van der Waals surface area contributed by atoms with Crippen LogP contribution in [0.1, 0.15) is 1.43 Å². The molecule has 0 aliphatic rings. The number of aromatic amines is 1. The van der Waals surface area contributed by atoms with Crippen LogP contribution in [0.25, 0.3) is 0 Å². The number of nitrogens with one attached hydrogen (secondary N) is 1. The van der Waals surface area contributed by atoms with Gasteiger partial charge in [-0.15, -0.1) is 0 Å². The third-order valence-corrected chi connectivity index (χ3v) is 0.406. The van der Waals surface area contributed by atoms with Gasteiger partial charge in [0.05, 0.1) is 0 Å². The number of aromatic nitrogens is 2. The average Bonchev–Trinajstić information content (AvgIpc) is 2.07. The highest BCUT2D eigenvalue weighted by atomic mass is 19.5. The van der Waals surface area contributed by atoms with Gasteiger partial charge in [-0.25, -0.2) is 0 Å². The van der Waals surface area contributed by atoms with Gasteiger partial charge in [0, 0.05) is 12.4 Å². The van der Waals surface area contributed by atoms with Crippen molar-refractivity contribution in [3.63, 3.8) is 0 Å². The van der Waals surface area contributed by atoms with E-state index in [4.69, 9.17) is 0 Å². The second-order valence-electron chi connectivity index (χ2n) is 1.26. The second kappa shape index (κ2) is 3.92. The van der Waals surface area contributed by atoms with Gasteiger partial charge in [0.25, 0.3) is 0 Å². The summed E-state index contributed by atoms with van der Waals surface area (Å²) in [6.45, 7) is 0. The van der Waals surface area contributed by atoms with E-state index in [9.17, 15) is 17.3 Å². The molecule has 0 aromatic carbocycles. The number of rotatable bonds is 0. The van der Waals surface area contributed by atoms with Crippen LogP contribution in [-0.4, -0.2) is 17.5 Å². The molecule has 0 aliphatic heterocycles. The van der Waals surface area contributed by atoms with Crippen LogP contribution in [0.5, 0.6) is 0 Å². The van der Waals surface area contributed by atoms with E-state index in [-0.39, 0.29) is 1.43 Å². The molecule has 1 N–H and O–H groups in total. The Bertz CT molecular complexity index is 130. The summed E-state index contributed by atoms with van der Waals surface area (Å²) in [5, 5.41) is 6.21. The molecule has 0 bridgehead atoms. The maximum Gasteiger partial charge on any atom is 1.00 e. The average molecular weight is 156 g/mol. The van der Waals surface area contributed by atoms with E-state index in [1.807, 2.05) is 6.07 Å². The molecule has 0 saturated carbocycles. The molecule has 0 amide bonds. The smallest absolute Gasteiger partial charge is 0.418 e. The summed E-state index contributed by atoms with van der Waals surface area (Å²) >= 11 is 0. The Morgan fingerprint density at radius 3 is 1.90 bits per heavy atom. The maximum absolute atomic E-state index is 9.75. The van der Waals surface area contributed by atoms with E-state index >= 15 is 0 Å². The van der Waals surface area contributed by atoms with Crippen molar-refractivity contribution in [2.24, 2.45) is 0 Å². The molecule has 0 radical (unpaired) electrons. The molecule has 1 aromatic rings. The Hall–Kier alpha value is -1.01. The lowest BCUT2D eigenvalue weighted by atomic mass is 10.3. The summed E-state index contributed by atoms with van der Waals surface area (Å²) in [4.78, 5) is 0. The van der Waals surface area contributed by atoms with Gasteiger partial charge in [-0.1, -0.05) is 0 Å². The van der Waals surface area contributed by atoms with Crippen LogP contribution in [0.3, 0.4) is 0 Å². The summed E-state index contributed by atoms with van der Waals surface area (Å²) in [5.74, 6) is 0. The van der Waals surface area contributed by atoms with E-state index in [1.54, 1.807) is 12.4 Å². The highest BCUT2D eigenvalue weighted by Crippen LogP contribution is 2.06. The lowest BCUT2D eigenvalue weighted by Gasteiger charge is -1.94. The lowest BCUT2D eigenvalue weighted by Crippen LogP contribution is -2.02. The molecule has 10 heavy (non-hydrogen) atoms. The Kier molecular flexibility index (Phi) is 3.52. The maximum atomic E-state index is 9.75. The molecule has 58 valence electrons. The standard InChI is InChI=1S/C3H4N2.BF4/c1-2-4-5-3-1;2-1(3,4)5/h1-3H,(H,4,5);/q;-1/p+1. The van der Waals surface area contributed by atoms with Crippen molar-refractivity contribution in [3.05, 3.63) is 18.5 Å². The Labute approximate surface area is 55.8 Å². The van der Waals surface area contributed by atoms with Gasteiger partial charge in [-0.2, -0.15) is 5.10 Å². The molecular weight excluding hydrogens is 151 g/mol. The molecule has 1 aromatic heterocycles. The topological polar surface area (TPSA) is 28.7 Å². The van der Waals surface area contributed by atoms with Crippen LogP contribution < -0.4 is 0 Å². The highest BCUT2D eigenvalue weighted by molar-refractivity contribution is 6.50. The van der Waals surface area contributed by atoms with Crippen molar-refractivity contribution < 1.29 is 18.7 Å². The van der Waals surface area contributed by atoms with Gasteiger partial charge < -0.3 is 17.3 Å². The first kappa shape index (κ1) is 8.99. The van der Waals surface area contributed by atoms with Crippen LogP contribution in [0, 0.1) is 0 Å². The molecule has 0 spiro atoms. The molecule has 0 saturated heterocycles. The van der Waals surface area contributed by atoms with Crippen LogP contribution in [-0.2, 0) is 0 Å². The first-order valence-electron chi connectivity index (χ1n) is 2.31. The number of H-pyrrole nitrogens is 1. The van der Waals surface area contributed by atoms with Gasteiger partial charge in [-0.3, -0.25) is 5.10 Å². The Morgan fingerprint density at radius 1 is 1.30 bits per heavy atom. The molecule has 7 heteroatoms. The lowest BCUT2D eigenvalue weighted by molar-refractivity contribution is 0.368. The van der Waals surface area contributed by atoms with Crippen molar-refractivity contribution in [2.45, 2.75) is 0 Å². The van der Waals surface area contributed by atoms with Crippen LogP contribution in [0.4, 0.5) is 17.3 Å². The van der Waals surface area contributed by atoms with E-state index in [0.717, 1.165) is 0 Å². The molecule has 2 nitrogen and oxygen atoms in total. The van der Waals surface area contributed by atoms with Crippen molar-refractivity contribution >= 4 is 7.25 Å². The predicted octanol–water partition coefficient (Wildman–Crippen LogP) is 1.82. The zero-order valence-electron chi connectivity index (χ0n) is 5.77. The van der Waals surface area contributed by atoms with E-state index < -0.39 is 7.25 Å². The molecular formula is C3H5BF4N2. The first-order valence-corrected chi connectivity index (χ1v) is 2.31. The third kappa shape index (κ3) is 15.8. The normalized spacial score (nSPS) is 10.0. The third-order valence-electron chi connectivity index (χ3n) is 0.406. The number of hydrogen-bond donors (Lipinski definition) is 1. The summed E-state index contributed by atoms with van der Waals surface area (Å²) in [7, 11) is -6.00. The second-order valence-corrected chi connectivity index (χ2v) is 1.26. The van der Waals surface area contributed by atoms with E-state index in [2.05, 4.69) is 10.2 Å². The fourth-order valence-electron chi connectivity index (χ4n) is 0.215. The Morgan fingerprint density at radius 2 is 1.80 bits per heavy atom. The summed E-state index contributed by atoms with van der Waals surface area (Å²) in [5.41, 5.74) is 0. The van der Waals surface area contributed by atoms with Gasteiger partial charge in [0.15, 0.2) is 0 Å². The summed E-state index contributed by atoms with van der Waals surface area (Å²) < 4.78 is 39.0. The van der Waals surface area contributed by atoms with Gasteiger partial charge in [0.2, 0.25) is 0 Å². The minimum Gasteiger partial charge on any atom is -0.418 e. The number of halogens is 4. The van der Waals surface area contributed by atoms with Crippen LogP contribution in [0.2, 0.25) is 0 Å². The fourth-order valence-corrected chi connectivity index (χ4v) is 0.215. The zero-order chi connectivity index (χ0) is 8.04. The summed E-state index contributed by atoms with van der Waals surface area (Å²) in [6, 6.07) is 1.83. The zero-order valence-corrected chi connectivity index (χ0v) is 4.77. The minimum atomic E-state index is -6.00. The Balaban J connectivity index is 0. The van der Waals surface area contributed by atoms with Crippen molar-refractivity contribution in [2.75, 3.05) is 0 Å². The molecule has 0 fully saturated rings. The molecule has 0 aliphatic carbocycles. The van der Waals surface area contributed by atoms with Crippen LogP contribution >= 0.6 is 0 Å². The number of hydrogen-bond acceptors (Lipinski definition) is 1. The first-order chi connectivity index (χ1) is 4.50. The fraction of sp³-hybridized carbons (Fsp3) is 0. The molecule has 0 atom stereocenters. The SMILES string of the molecule is F[B-](F)(F)F.[H+].c1cn[nH]c1. The van der Waals surface area contributed by atoms with Gasteiger partial charge >= 0.3 is 8.68 Å². The molecule has 1 heterocycles. The van der Waals surface area contributed by atoms with Gasteiger partial charge in [-0.05, 0) is 6.07 Å². The molecule has 1 rings (SSSR count). The largest absolute Gasteiger partial charge is 1.00 e. The van der Waals surface area contributed by atoms with E-state index in [1.165, 1.54) is 0 Å². The van der Waals surface area contributed by atoms with Crippen LogP contribution in [0.15, 0.2) is 18.5 Å². The quantitative estimate of drug-likeness (QED) is 0.450. The van der Waals surface area contributed by atoms with Crippen molar-refractivity contribution in [1.29, 1.82) is 0 Å². The number of nitrogens with zero attached hydrogens (tertiary/aromatic N) is 1. The van der Waals surface area contributed by atoms with Gasteiger partial charge in [0.1, 0.15) is 0 Å². The predicted molar refractivity (Wildman–Crippen MR) is 29.9 cm³/mol. The highest BCUT2D eigenvalue weighted by Gasteiger charge is 2.20. The summed E-state index contributed by atoms with van der Waals surface area (Å²) in [6.07, 6.45) is 3.46. The minimum absolute atomic E-state index is 0. The van der Waals surface area contributed by atoms with E-state index in [0.29, 0.717) is 0 Å². The molecule has 0 unspecified atom stereocenters.